The van der Waals surface area contributed by atoms with Crippen LogP contribution in [-0.2, 0) is 0 Å². The van der Waals surface area contributed by atoms with E-state index in [1.165, 1.54) is 12.1 Å². The molecule has 104 valence electrons. The molecular formula is C13H9F3N2OS. The standard InChI is InChI=1S/C13H9F3N2OS/c14-8-2-3-9(15)12(6-8)20-11-4-1-7(5-10(11)16)13(17)18-19/h1-6,19H,(H2,17,18). The third kappa shape index (κ3) is 3.05. The van der Waals surface area contributed by atoms with Gasteiger partial charge in [0.25, 0.3) is 0 Å². The molecule has 20 heavy (non-hydrogen) atoms. The molecule has 7 heteroatoms. The number of halogens is 3. The van der Waals surface area contributed by atoms with E-state index >= 15 is 0 Å². The van der Waals surface area contributed by atoms with Gasteiger partial charge >= 0.3 is 0 Å². The molecule has 0 radical (unpaired) electrons. The summed E-state index contributed by atoms with van der Waals surface area (Å²) in [7, 11) is 0. The topological polar surface area (TPSA) is 58.6 Å². The molecule has 0 heterocycles. The Morgan fingerprint density at radius 3 is 2.40 bits per heavy atom. The number of hydrogen-bond acceptors (Lipinski definition) is 3. The van der Waals surface area contributed by atoms with Gasteiger partial charge in [-0.15, -0.1) is 0 Å². The summed E-state index contributed by atoms with van der Waals surface area (Å²) in [4.78, 5) is 0.0736. The lowest BCUT2D eigenvalue weighted by molar-refractivity contribution is 0.318. The summed E-state index contributed by atoms with van der Waals surface area (Å²) in [5.41, 5.74) is 5.52. The van der Waals surface area contributed by atoms with Crippen molar-refractivity contribution in [2.24, 2.45) is 10.9 Å². The molecule has 2 rings (SSSR count). The molecule has 0 atom stereocenters. The van der Waals surface area contributed by atoms with Crippen molar-refractivity contribution in [2.45, 2.75) is 9.79 Å². The van der Waals surface area contributed by atoms with Crippen LogP contribution in [0.15, 0.2) is 51.3 Å². The fourth-order valence-electron chi connectivity index (χ4n) is 1.47. The molecule has 0 aromatic heterocycles. The number of hydrogen-bond donors (Lipinski definition) is 2. The van der Waals surface area contributed by atoms with Crippen molar-refractivity contribution < 1.29 is 18.4 Å². The van der Waals surface area contributed by atoms with Gasteiger partial charge in [0.15, 0.2) is 5.84 Å². The van der Waals surface area contributed by atoms with Crippen LogP contribution in [0.4, 0.5) is 13.2 Å². The summed E-state index contributed by atoms with van der Waals surface area (Å²) in [5.74, 6) is -2.17. The summed E-state index contributed by atoms with van der Waals surface area (Å²) >= 11 is 0.750. The van der Waals surface area contributed by atoms with E-state index in [0.29, 0.717) is 0 Å². The molecule has 3 N–H and O–H groups in total. The van der Waals surface area contributed by atoms with E-state index in [4.69, 9.17) is 10.9 Å². The van der Waals surface area contributed by atoms with Gasteiger partial charge in [-0.2, -0.15) is 0 Å². The van der Waals surface area contributed by atoms with Crippen molar-refractivity contribution >= 4 is 17.6 Å². The normalized spacial score (nSPS) is 11.7. The van der Waals surface area contributed by atoms with Gasteiger partial charge in [0, 0.05) is 10.5 Å². The molecule has 2 aromatic carbocycles. The zero-order chi connectivity index (χ0) is 14.7. The summed E-state index contributed by atoms with van der Waals surface area (Å²) in [6.45, 7) is 0. The molecule has 3 nitrogen and oxygen atoms in total. The second-order valence-electron chi connectivity index (χ2n) is 3.81. The molecular weight excluding hydrogens is 289 g/mol. The Morgan fingerprint density at radius 2 is 1.75 bits per heavy atom. The van der Waals surface area contributed by atoms with E-state index in [9.17, 15) is 13.2 Å². The molecule has 0 unspecified atom stereocenters. The van der Waals surface area contributed by atoms with E-state index in [0.717, 1.165) is 36.0 Å². The smallest absolute Gasteiger partial charge is 0.170 e. The van der Waals surface area contributed by atoms with E-state index < -0.39 is 17.5 Å². The van der Waals surface area contributed by atoms with Crippen LogP contribution in [0, 0.1) is 17.5 Å². The Balaban J connectivity index is 2.33. The molecule has 0 aliphatic carbocycles. The van der Waals surface area contributed by atoms with Crippen LogP contribution in [0.5, 0.6) is 0 Å². The first-order valence-corrected chi connectivity index (χ1v) is 6.23. The summed E-state index contributed by atoms with van der Waals surface area (Å²) in [6.07, 6.45) is 0. The minimum Gasteiger partial charge on any atom is -0.409 e. The lowest BCUT2D eigenvalue weighted by Crippen LogP contribution is -2.13. The zero-order valence-electron chi connectivity index (χ0n) is 9.98. The second-order valence-corrected chi connectivity index (χ2v) is 4.89. The van der Waals surface area contributed by atoms with Gasteiger partial charge in [-0.1, -0.05) is 16.9 Å². The van der Waals surface area contributed by atoms with Crippen molar-refractivity contribution in [3.63, 3.8) is 0 Å². The number of rotatable bonds is 3. The van der Waals surface area contributed by atoms with Crippen molar-refractivity contribution in [3.05, 3.63) is 59.4 Å². The van der Waals surface area contributed by atoms with E-state index in [1.807, 2.05) is 0 Å². The van der Waals surface area contributed by atoms with Crippen LogP contribution in [0.25, 0.3) is 0 Å². The number of nitrogens with two attached hydrogens (primary N) is 1. The van der Waals surface area contributed by atoms with Crippen LogP contribution in [0.2, 0.25) is 0 Å². The van der Waals surface area contributed by atoms with Crippen molar-refractivity contribution in [2.75, 3.05) is 0 Å². The van der Waals surface area contributed by atoms with E-state index in [-0.39, 0.29) is 21.2 Å². The van der Waals surface area contributed by atoms with Gasteiger partial charge in [-0.3, -0.25) is 0 Å². The average molecular weight is 298 g/mol. The minimum atomic E-state index is -0.678. The highest BCUT2D eigenvalue weighted by Gasteiger charge is 2.11. The van der Waals surface area contributed by atoms with E-state index in [2.05, 4.69) is 5.16 Å². The highest BCUT2D eigenvalue weighted by Crippen LogP contribution is 2.32. The molecule has 0 aliphatic rings. The Kier molecular flexibility index (Phi) is 4.19. The fraction of sp³-hybridized carbons (Fsp3) is 0. The molecule has 0 spiro atoms. The molecule has 0 aliphatic heterocycles. The van der Waals surface area contributed by atoms with Crippen molar-refractivity contribution in [1.29, 1.82) is 0 Å². The lowest BCUT2D eigenvalue weighted by Gasteiger charge is -2.06. The largest absolute Gasteiger partial charge is 0.409 e. The minimum absolute atomic E-state index is 0.0274. The first-order valence-electron chi connectivity index (χ1n) is 5.41. The zero-order valence-corrected chi connectivity index (χ0v) is 10.8. The third-order valence-corrected chi connectivity index (χ3v) is 3.53. The van der Waals surface area contributed by atoms with E-state index in [1.54, 1.807) is 0 Å². The molecule has 0 saturated heterocycles. The monoisotopic (exact) mass is 298 g/mol. The van der Waals surface area contributed by atoms with Crippen molar-refractivity contribution in [3.8, 4) is 0 Å². The predicted molar refractivity (Wildman–Crippen MR) is 69.4 cm³/mol. The number of amidine groups is 1. The molecule has 2 aromatic rings. The quantitative estimate of drug-likeness (QED) is 0.395. The Bertz CT molecular complexity index is 677. The number of oxime groups is 1. The second kappa shape index (κ2) is 5.87. The van der Waals surface area contributed by atoms with Crippen LogP contribution in [-0.4, -0.2) is 11.0 Å². The fourth-order valence-corrected chi connectivity index (χ4v) is 2.34. The van der Waals surface area contributed by atoms with Gasteiger partial charge in [0.1, 0.15) is 17.5 Å². The van der Waals surface area contributed by atoms with Gasteiger partial charge < -0.3 is 10.9 Å². The van der Waals surface area contributed by atoms with Gasteiger partial charge in [-0.25, -0.2) is 13.2 Å². The first-order chi connectivity index (χ1) is 9.51. The van der Waals surface area contributed by atoms with Crippen LogP contribution >= 0.6 is 11.8 Å². The molecule has 0 amide bonds. The lowest BCUT2D eigenvalue weighted by atomic mass is 10.2. The third-order valence-electron chi connectivity index (χ3n) is 2.45. The Hall–Kier alpha value is -2.15. The first kappa shape index (κ1) is 14.3. The highest BCUT2D eigenvalue weighted by molar-refractivity contribution is 7.99. The highest BCUT2D eigenvalue weighted by atomic mass is 32.2. The van der Waals surface area contributed by atoms with Crippen LogP contribution < -0.4 is 5.73 Å². The maximum Gasteiger partial charge on any atom is 0.170 e. The summed E-state index contributed by atoms with van der Waals surface area (Å²) in [5, 5.41) is 11.2. The maximum absolute atomic E-state index is 13.8. The number of benzene rings is 2. The van der Waals surface area contributed by atoms with Crippen molar-refractivity contribution in [1.82, 2.24) is 0 Å². The van der Waals surface area contributed by atoms with Gasteiger partial charge in [-0.05, 0) is 36.4 Å². The molecule has 0 saturated carbocycles. The average Bonchev–Trinajstić information content (AvgIpc) is 2.44. The Labute approximate surface area is 116 Å². The SMILES string of the molecule is N/C(=N\O)c1ccc(Sc2cc(F)ccc2F)c(F)c1. The summed E-state index contributed by atoms with van der Waals surface area (Å²) < 4.78 is 40.3. The number of nitrogens with zero attached hydrogens (tertiary/aromatic N) is 1. The molecule has 0 bridgehead atoms. The predicted octanol–water partition coefficient (Wildman–Crippen LogP) is 3.35. The maximum atomic E-state index is 13.8. The van der Waals surface area contributed by atoms with Crippen LogP contribution in [0.1, 0.15) is 5.56 Å². The van der Waals surface area contributed by atoms with Gasteiger partial charge in [0.2, 0.25) is 0 Å². The Morgan fingerprint density at radius 1 is 1.00 bits per heavy atom. The molecule has 0 fully saturated rings. The van der Waals surface area contributed by atoms with Gasteiger partial charge in [0.05, 0.1) is 4.90 Å². The van der Waals surface area contributed by atoms with Crippen LogP contribution in [0.3, 0.4) is 0 Å². The summed E-state index contributed by atoms with van der Waals surface area (Å²) in [6, 6.07) is 6.75.